The zero-order chi connectivity index (χ0) is 35.3. The normalized spacial score (nSPS) is 19.1. The van der Waals surface area contributed by atoms with Crippen molar-refractivity contribution in [1.82, 2.24) is 10.2 Å². The van der Waals surface area contributed by atoms with Crippen molar-refractivity contribution in [3.63, 3.8) is 0 Å². The van der Waals surface area contributed by atoms with Gasteiger partial charge in [-0.25, -0.2) is 0 Å². The monoisotopic (exact) mass is 686 g/mol. The van der Waals surface area contributed by atoms with Crippen LogP contribution in [0.25, 0.3) is 11.1 Å². The Balaban J connectivity index is 0.000000188. The van der Waals surface area contributed by atoms with Crippen molar-refractivity contribution in [3.05, 3.63) is 81.9 Å². The van der Waals surface area contributed by atoms with E-state index in [-0.39, 0.29) is 5.24 Å². The van der Waals surface area contributed by atoms with E-state index in [1.165, 1.54) is 59.1 Å². The lowest BCUT2D eigenvalue weighted by Crippen LogP contribution is -2.45. The van der Waals surface area contributed by atoms with Crippen LogP contribution in [0.15, 0.2) is 59.7 Å². The SMILES string of the molecule is CC(C)CC1NCCC2=C1Cc1ccccc12.CCCCCC(=O)Cl.CCCCCC(=O)N1CCC2=C(Cc3ccccc32)C1CC(C)C. The number of hydrogen-bond donors (Lipinski definition) is 1. The van der Waals surface area contributed by atoms with Crippen LogP contribution in [0.1, 0.15) is 141 Å². The molecule has 1 amide bonds. The summed E-state index contributed by atoms with van der Waals surface area (Å²) in [5.41, 5.74) is 12.3. The van der Waals surface area contributed by atoms with Crippen LogP contribution >= 0.6 is 11.6 Å². The van der Waals surface area contributed by atoms with Gasteiger partial charge in [-0.1, -0.05) is 116 Å². The Bertz CT molecular complexity index is 1450. The summed E-state index contributed by atoms with van der Waals surface area (Å²) < 4.78 is 0. The van der Waals surface area contributed by atoms with Crippen LogP contribution < -0.4 is 5.32 Å². The van der Waals surface area contributed by atoms with Gasteiger partial charge in [-0.3, -0.25) is 9.59 Å². The molecule has 2 aromatic rings. The highest BCUT2D eigenvalue weighted by Gasteiger charge is 2.36. The van der Waals surface area contributed by atoms with Crippen molar-refractivity contribution in [2.75, 3.05) is 13.1 Å². The number of nitrogens with one attached hydrogen (secondary N) is 1. The van der Waals surface area contributed by atoms with Gasteiger partial charge in [0.2, 0.25) is 11.1 Å². The first-order valence-corrected chi connectivity index (χ1v) is 19.8. The third kappa shape index (κ3) is 10.9. The maximum atomic E-state index is 12.8. The van der Waals surface area contributed by atoms with Gasteiger partial charge >= 0.3 is 0 Å². The van der Waals surface area contributed by atoms with Crippen LogP contribution in [-0.2, 0) is 22.4 Å². The third-order valence-electron chi connectivity index (χ3n) is 10.5. The van der Waals surface area contributed by atoms with E-state index in [4.69, 9.17) is 11.6 Å². The number of rotatable bonds is 12. The Morgan fingerprint density at radius 3 is 1.88 bits per heavy atom. The van der Waals surface area contributed by atoms with Crippen LogP contribution in [-0.4, -0.2) is 41.2 Å². The molecule has 4 aliphatic rings. The molecule has 2 unspecified atom stereocenters. The fourth-order valence-corrected chi connectivity index (χ4v) is 8.25. The molecule has 0 fully saturated rings. The second kappa shape index (κ2) is 19.6. The average Bonchev–Trinajstić information content (AvgIpc) is 3.65. The zero-order valence-electron chi connectivity index (χ0n) is 31.4. The summed E-state index contributed by atoms with van der Waals surface area (Å²) in [7, 11) is 0. The van der Waals surface area contributed by atoms with E-state index >= 15 is 0 Å². The van der Waals surface area contributed by atoms with Gasteiger partial charge in [-0.05, 0) is 126 Å². The smallest absolute Gasteiger partial charge is 0.223 e. The molecule has 5 heteroatoms. The highest BCUT2D eigenvalue weighted by molar-refractivity contribution is 6.63. The van der Waals surface area contributed by atoms with Crippen molar-refractivity contribution >= 4 is 33.9 Å². The second-order valence-corrected chi connectivity index (χ2v) is 15.7. The molecule has 2 heterocycles. The number of carbonyl (C=O) groups excluding carboxylic acids is 2. The summed E-state index contributed by atoms with van der Waals surface area (Å²) in [6.45, 7) is 15.5. The molecule has 0 saturated carbocycles. The van der Waals surface area contributed by atoms with Crippen LogP contribution in [0.2, 0.25) is 0 Å². The number of nitrogens with zero attached hydrogens (tertiary/aromatic N) is 1. The number of carbonyl (C=O) groups is 2. The van der Waals surface area contributed by atoms with Gasteiger partial charge in [-0.15, -0.1) is 0 Å². The van der Waals surface area contributed by atoms with E-state index < -0.39 is 0 Å². The number of unbranched alkanes of at least 4 members (excludes halogenated alkanes) is 4. The van der Waals surface area contributed by atoms with Crippen LogP contribution in [0, 0.1) is 11.8 Å². The topological polar surface area (TPSA) is 49.4 Å². The summed E-state index contributed by atoms with van der Waals surface area (Å²) in [6, 6.07) is 18.7. The Labute approximate surface area is 303 Å². The maximum absolute atomic E-state index is 12.8. The summed E-state index contributed by atoms with van der Waals surface area (Å²) in [6.07, 6.45) is 14.6. The summed E-state index contributed by atoms with van der Waals surface area (Å²) >= 11 is 5.07. The average molecular weight is 687 g/mol. The second-order valence-electron chi connectivity index (χ2n) is 15.3. The fourth-order valence-electron chi connectivity index (χ4n) is 8.12. The molecule has 2 aromatic carbocycles. The number of amides is 1. The highest BCUT2D eigenvalue weighted by atomic mass is 35.5. The quantitative estimate of drug-likeness (QED) is 0.179. The van der Waals surface area contributed by atoms with Gasteiger partial charge in [0.05, 0.1) is 6.04 Å². The van der Waals surface area contributed by atoms with Crippen molar-refractivity contribution in [3.8, 4) is 0 Å². The van der Waals surface area contributed by atoms with E-state index in [1.54, 1.807) is 11.1 Å². The van der Waals surface area contributed by atoms with Crippen molar-refractivity contribution in [1.29, 1.82) is 0 Å². The van der Waals surface area contributed by atoms with E-state index in [1.807, 2.05) is 0 Å². The number of hydrogen-bond acceptors (Lipinski definition) is 3. The number of halogens is 1. The summed E-state index contributed by atoms with van der Waals surface area (Å²) in [4.78, 5) is 25.1. The molecule has 2 atom stereocenters. The van der Waals surface area contributed by atoms with Crippen LogP contribution in [0.5, 0.6) is 0 Å². The predicted molar refractivity (Wildman–Crippen MR) is 209 cm³/mol. The van der Waals surface area contributed by atoms with Gasteiger partial charge in [-0.2, -0.15) is 0 Å². The standard InChI is InChI=1S/C22H31NO.C16H21N.C6H11ClO/c1-4-5-6-11-22(24)23-13-12-19-18-10-8-7-9-17(18)15-20(19)21(23)14-16(2)3;1-11(2)9-16-15-10-12-5-3-4-6-13(12)14(15)7-8-17-16;1-2-3-4-5-6(7)8/h7-10,16,21H,4-6,11-15H2,1-3H3;3-6,11,16-17H,7-10H2,1-2H3;2-5H2,1H3. The van der Waals surface area contributed by atoms with Crippen molar-refractivity contribution in [2.24, 2.45) is 11.8 Å². The first-order valence-electron chi connectivity index (χ1n) is 19.5. The Kier molecular flexibility index (Phi) is 15.7. The first-order chi connectivity index (χ1) is 23.6. The Morgan fingerprint density at radius 2 is 1.31 bits per heavy atom. The van der Waals surface area contributed by atoms with Crippen LogP contribution in [0.4, 0.5) is 0 Å². The fraction of sp³-hybridized carbons (Fsp3) is 0.591. The highest BCUT2D eigenvalue weighted by Crippen LogP contribution is 2.43. The van der Waals surface area contributed by atoms with Gasteiger partial charge in [0.1, 0.15) is 0 Å². The molecule has 0 radical (unpaired) electrons. The van der Waals surface area contributed by atoms with Gasteiger partial charge < -0.3 is 10.2 Å². The minimum absolute atomic E-state index is 0.210. The van der Waals surface area contributed by atoms with Gasteiger partial charge in [0, 0.05) is 25.4 Å². The molecule has 4 nitrogen and oxygen atoms in total. The number of benzene rings is 2. The first kappa shape index (κ1) is 39.1. The molecule has 0 saturated heterocycles. The third-order valence-corrected chi connectivity index (χ3v) is 10.7. The lowest BCUT2D eigenvalue weighted by Gasteiger charge is -2.38. The van der Waals surface area contributed by atoms with E-state index in [9.17, 15) is 9.59 Å². The van der Waals surface area contributed by atoms with Crippen LogP contribution in [0.3, 0.4) is 0 Å². The Hall–Kier alpha value is -2.69. The molecule has 2 aliphatic heterocycles. The minimum atomic E-state index is -0.210. The molecule has 268 valence electrons. The number of fused-ring (bicyclic) bond motifs is 4. The predicted octanol–water partition coefficient (Wildman–Crippen LogP) is 11.0. The minimum Gasteiger partial charge on any atom is -0.336 e. The van der Waals surface area contributed by atoms with Gasteiger partial charge in [0.15, 0.2) is 0 Å². The Morgan fingerprint density at radius 1 is 0.755 bits per heavy atom. The molecule has 0 bridgehead atoms. The zero-order valence-corrected chi connectivity index (χ0v) is 32.1. The summed E-state index contributed by atoms with van der Waals surface area (Å²) in [5.74, 6) is 1.75. The largest absolute Gasteiger partial charge is 0.336 e. The van der Waals surface area contributed by atoms with Gasteiger partial charge in [0.25, 0.3) is 0 Å². The molecular formula is C44H63ClN2O2. The molecule has 0 spiro atoms. The molecule has 1 N–H and O–H groups in total. The van der Waals surface area contributed by atoms with E-state index in [0.717, 1.165) is 76.8 Å². The molecular weight excluding hydrogens is 624 g/mol. The maximum Gasteiger partial charge on any atom is 0.223 e. The van der Waals surface area contributed by atoms with Crippen molar-refractivity contribution < 1.29 is 9.59 Å². The molecule has 0 aromatic heterocycles. The molecule has 6 rings (SSSR count). The van der Waals surface area contributed by atoms with E-state index in [0.29, 0.717) is 30.3 Å². The summed E-state index contributed by atoms with van der Waals surface area (Å²) in [5, 5.41) is 3.49. The van der Waals surface area contributed by atoms with Crippen molar-refractivity contribution in [2.45, 2.75) is 144 Å². The van der Waals surface area contributed by atoms with E-state index in [2.05, 4.69) is 100 Å². The molecule has 2 aliphatic carbocycles. The lowest BCUT2D eigenvalue weighted by atomic mass is 9.87. The lowest BCUT2D eigenvalue weighted by molar-refractivity contribution is -0.133. The molecule has 49 heavy (non-hydrogen) atoms.